The van der Waals surface area contributed by atoms with Crippen LogP contribution in [0, 0.1) is 11.8 Å². The topological polar surface area (TPSA) is 79.4 Å². The molecule has 1 N–H and O–H groups in total. The summed E-state index contributed by atoms with van der Waals surface area (Å²) in [6.07, 6.45) is 9.40. The Morgan fingerprint density at radius 1 is 1.28 bits per heavy atom. The smallest absolute Gasteiger partial charge is 0.246 e. The Kier molecular flexibility index (Phi) is 6.11. The van der Waals surface area contributed by atoms with Gasteiger partial charge in [0.25, 0.3) is 0 Å². The maximum Gasteiger partial charge on any atom is 0.246 e. The van der Waals surface area contributed by atoms with E-state index in [0.717, 1.165) is 34.5 Å². The summed E-state index contributed by atoms with van der Waals surface area (Å²) in [5, 5.41) is 4.75. The van der Waals surface area contributed by atoms with Crippen molar-refractivity contribution in [2.75, 3.05) is 18.4 Å². The van der Waals surface area contributed by atoms with E-state index in [0.29, 0.717) is 37.0 Å². The number of aromatic nitrogens is 1. The van der Waals surface area contributed by atoms with Gasteiger partial charge in [-0.25, -0.2) is 4.98 Å². The van der Waals surface area contributed by atoms with Crippen molar-refractivity contribution in [2.24, 2.45) is 11.8 Å². The van der Waals surface area contributed by atoms with Gasteiger partial charge in [-0.2, -0.15) is 0 Å². The molecule has 1 aliphatic carbocycles. The van der Waals surface area contributed by atoms with Gasteiger partial charge in [0.2, 0.25) is 11.8 Å². The average molecular weight is 450 g/mol. The van der Waals surface area contributed by atoms with Gasteiger partial charge in [0.05, 0.1) is 4.88 Å². The molecule has 2 amide bonds. The zero-order chi connectivity index (χ0) is 21.5. The van der Waals surface area contributed by atoms with E-state index < -0.39 is 0 Å². The van der Waals surface area contributed by atoms with Crippen LogP contribution in [0.1, 0.15) is 53.6 Å². The van der Waals surface area contributed by atoms with Crippen molar-refractivity contribution in [3.05, 3.63) is 57.4 Å². The number of carbonyl (C=O) groups is 3. The van der Waals surface area contributed by atoms with E-state index >= 15 is 0 Å². The van der Waals surface area contributed by atoms with E-state index in [1.807, 2.05) is 22.4 Å². The van der Waals surface area contributed by atoms with Gasteiger partial charge in [-0.05, 0) is 77.5 Å². The van der Waals surface area contributed by atoms with Crippen LogP contribution in [-0.2, 0) is 16.0 Å². The molecule has 1 saturated heterocycles. The standard InChI is InChI=1S/C24H23N3O3S.CH4/c1-14(28)23-20(6-7-31-23)17-9-18-12-27(13-19(18)10-17)22(30)5-2-15-8-16-3-4-21(29)26-24(16)25-11-15;/h2,5-9,11,18-19H,3-4,10,12-13H2,1H3,(H,25,26,29);1H4/b5-2+;. The van der Waals surface area contributed by atoms with E-state index in [9.17, 15) is 14.4 Å². The first-order valence-electron chi connectivity index (χ1n) is 10.5. The summed E-state index contributed by atoms with van der Waals surface area (Å²) in [6, 6.07) is 4.02. The number of Topliss-reactive ketones (excluding diaryl/α,β-unsaturated/α-hetero) is 1. The minimum atomic E-state index is -0.00762. The lowest BCUT2D eigenvalue weighted by Gasteiger charge is -2.16. The first-order valence-corrected chi connectivity index (χ1v) is 11.4. The number of amides is 2. The number of ketones is 1. The van der Waals surface area contributed by atoms with Crippen molar-refractivity contribution < 1.29 is 14.4 Å². The van der Waals surface area contributed by atoms with Crippen LogP contribution in [0.2, 0.25) is 0 Å². The van der Waals surface area contributed by atoms with Crippen molar-refractivity contribution in [3.8, 4) is 0 Å². The molecule has 2 unspecified atom stereocenters. The number of nitrogens with zero attached hydrogens (tertiary/aromatic N) is 2. The van der Waals surface area contributed by atoms with Gasteiger partial charge in [-0.1, -0.05) is 13.5 Å². The van der Waals surface area contributed by atoms with Gasteiger partial charge >= 0.3 is 0 Å². The number of fused-ring (bicyclic) bond motifs is 2. The number of nitrogens with one attached hydrogen (secondary N) is 1. The van der Waals surface area contributed by atoms with Crippen LogP contribution < -0.4 is 5.32 Å². The Balaban J connectivity index is 0.00000245. The highest BCUT2D eigenvalue weighted by Gasteiger charge is 2.38. The van der Waals surface area contributed by atoms with Crippen LogP contribution in [0.4, 0.5) is 5.82 Å². The molecule has 2 aromatic heterocycles. The third kappa shape index (κ3) is 4.17. The number of hydrogen-bond acceptors (Lipinski definition) is 5. The molecule has 2 aliphatic heterocycles. The van der Waals surface area contributed by atoms with Gasteiger partial charge in [0.15, 0.2) is 5.78 Å². The third-order valence-electron chi connectivity index (χ3n) is 6.32. The quantitative estimate of drug-likeness (QED) is 0.553. The molecule has 6 nitrogen and oxygen atoms in total. The van der Waals surface area contributed by atoms with Crippen LogP contribution in [-0.4, -0.2) is 40.6 Å². The summed E-state index contributed by atoms with van der Waals surface area (Å²) in [5.41, 5.74) is 4.18. The Labute approximate surface area is 192 Å². The van der Waals surface area contributed by atoms with Crippen LogP contribution in [0.25, 0.3) is 11.6 Å². The van der Waals surface area contributed by atoms with Crippen LogP contribution >= 0.6 is 11.3 Å². The van der Waals surface area contributed by atoms with Crippen molar-refractivity contribution in [1.82, 2.24) is 9.88 Å². The lowest BCUT2D eigenvalue weighted by atomic mass is 9.98. The molecule has 2 atom stereocenters. The lowest BCUT2D eigenvalue weighted by molar-refractivity contribution is -0.125. The zero-order valence-corrected chi connectivity index (χ0v) is 18.1. The van der Waals surface area contributed by atoms with E-state index in [1.54, 1.807) is 25.3 Å². The first-order chi connectivity index (χ1) is 15.0. The fourth-order valence-corrected chi connectivity index (χ4v) is 5.60. The van der Waals surface area contributed by atoms with Crippen molar-refractivity contribution in [2.45, 2.75) is 33.6 Å². The number of anilines is 1. The Morgan fingerprint density at radius 2 is 2.12 bits per heavy atom. The number of rotatable bonds is 4. The molecule has 1 fully saturated rings. The maximum absolute atomic E-state index is 12.7. The minimum Gasteiger partial charge on any atom is -0.338 e. The van der Waals surface area contributed by atoms with E-state index in [1.165, 1.54) is 16.9 Å². The average Bonchev–Trinajstić information content (AvgIpc) is 3.46. The first kappa shape index (κ1) is 22.1. The van der Waals surface area contributed by atoms with Crippen molar-refractivity contribution >= 4 is 46.4 Å². The maximum atomic E-state index is 12.7. The number of pyridine rings is 1. The molecule has 0 aromatic carbocycles. The summed E-state index contributed by atoms with van der Waals surface area (Å²) in [4.78, 5) is 43.1. The molecule has 5 rings (SSSR count). The fourth-order valence-electron chi connectivity index (χ4n) is 4.76. The SMILES string of the molecule is C.CC(=O)c1sccc1C1=CC2CN(C(=O)/C=C/c3cnc4c(c3)CCC(=O)N4)CC2C1. The van der Waals surface area contributed by atoms with Gasteiger partial charge in [-0.15, -0.1) is 11.3 Å². The number of aryl methyl sites for hydroxylation is 1. The van der Waals surface area contributed by atoms with Gasteiger partial charge < -0.3 is 10.2 Å². The second-order valence-electron chi connectivity index (χ2n) is 8.44. The molecule has 166 valence electrons. The molecule has 0 radical (unpaired) electrons. The zero-order valence-electron chi connectivity index (χ0n) is 17.3. The van der Waals surface area contributed by atoms with E-state index in [-0.39, 0.29) is 25.0 Å². The monoisotopic (exact) mass is 449 g/mol. The molecular formula is C25H27N3O3S. The third-order valence-corrected chi connectivity index (χ3v) is 7.33. The van der Waals surface area contributed by atoms with E-state index in [2.05, 4.69) is 16.4 Å². The Morgan fingerprint density at radius 3 is 2.91 bits per heavy atom. The summed E-state index contributed by atoms with van der Waals surface area (Å²) in [7, 11) is 0. The van der Waals surface area contributed by atoms with Gasteiger partial charge in [0.1, 0.15) is 5.82 Å². The number of thiophene rings is 1. The predicted octanol–water partition coefficient (Wildman–Crippen LogP) is 4.44. The molecular weight excluding hydrogens is 422 g/mol. The molecule has 2 aromatic rings. The largest absolute Gasteiger partial charge is 0.338 e. The summed E-state index contributed by atoms with van der Waals surface area (Å²) >= 11 is 1.50. The second-order valence-corrected chi connectivity index (χ2v) is 9.36. The van der Waals surface area contributed by atoms with Crippen molar-refractivity contribution in [3.63, 3.8) is 0 Å². The Hall–Kier alpha value is -3.06. The van der Waals surface area contributed by atoms with Crippen LogP contribution in [0.3, 0.4) is 0 Å². The summed E-state index contributed by atoms with van der Waals surface area (Å²) in [5.74, 6) is 1.50. The highest BCUT2D eigenvalue weighted by atomic mass is 32.1. The van der Waals surface area contributed by atoms with Gasteiger partial charge in [0, 0.05) is 31.8 Å². The molecule has 0 bridgehead atoms. The Bertz CT molecular complexity index is 1150. The number of carbonyl (C=O) groups excluding carboxylic acids is 3. The summed E-state index contributed by atoms with van der Waals surface area (Å²) in [6.45, 7) is 3.07. The predicted molar refractivity (Wildman–Crippen MR) is 127 cm³/mol. The summed E-state index contributed by atoms with van der Waals surface area (Å²) < 4.78 is 0. The highest BCUT2D eigenvalue weighted by molar-refractivity contribution is 7.12. The van der Waals surface area contributed by atoms with Crippen LogP contribution in [0.5, 0.6) is 0 Å². The molecule has 0 spiro atoms. The molecule has 4 heterocycles. The number of likely N-dealkylation sites (tertiary alicyclic amines) is 1. The normalized spacial score (nSPS) is 21.6. The fraction of sp³-hybridized carbons (Fsp3) is 0.360. The lowest BCUT2D eigenvalue weighted by Crippen LogP contribution is -2.27. The number of allylic oxidation sites excluding steroid dienone is 1. The molecule has 3 aliphatic rings. The van der Waals surface area contributed by atoms with Crippen molar-refractivity contribution in [1.29, 1.82) is 0 Å². The molecule has 0 saturated carbocycles. The van der Waals surface area contributed by atoms with Crippen LogP contribution in [0.15, 0.2) is 35.9 Å². The van der Waals surface area contributed by atoms with Gasteiger partial charge in [-0.3, -0.25) is 14.4 Å². The number of hydrogen-bond donors (Lipinski definition) is 1. The minimum absolute atomic E-state index is 0. The molecule has 32 heavy (non-hydrogen) atoms. The molecule has 7 heteroatoms. The van der Waals surface area contributed by atoms with E-state index in [4.69, 9.17) is 0 Å². The second kappa shape index (κ2) is 8.82. The highest BCUT2D eigenvalue weighted by Crippen LogP contribution is 2.42.